The quantitative estimate of drug-likeness (QED) is 0.718. The van der Waals surface area contributed by atoms with Crippen LogP contribution in [0.5, 0.6) is 0 Å². The van der Waals surface area contributed by atoms with Gasteiger partial charge in [0.2, 0.25) is 0 Å². The standard InChI is InChI=1S/C12H25NO3S/c1-3-12(4-2,10-14)9-13-8-11-6-5-7-17(11,15)16/h11,13-14H,3-10H2,1-2H3. The van der Waals surface area contributed by atoms with Crippen LogP contribution in [-0.4, -0.2) is 44.2 Å². The predicted molar refractivity (Wildman–Crippen MR) is 69.8 cm³/mol. The summed E-state index contributed by atoms with van der Waals surface area (Å²) in [6.07, 6.45) is 3.38. The lowest BCUT2D eigenvalue weighted by atomic mass is 9.83. The molecule has 4 nitrogen and oxygen atoms in total. The average molecular weight is 263 g/mol. The molecule has 0 radical (unpaired) electrons. The fourth-order valence-corrected chi connectivity index (χ4v) is 4.17. The first-order chi connectivity index (χ1) is 7.99. The molecule has 1 atom stereocenters. The minimum atomic E-state index is -2.85. The summed E-state index contributed by atoms with van der Waals surface area (Å²) < 4.78 is 23.3. The van der Waals surface area contributed by atoms with Crippen molar-refractivity contribution in [3.63, 3.8) is 0 Å². The molecule has 0 saturated carbocycles. The third kappa shape index (κ3) is 3.66. The lowest BCUT2D eigenvalue weighted by Crippen LogP contribution is -2.40. The Balaban J connectivity index is 2.42. The second-order valence-electron chi connectivity index (χ2n) is 5.13. The van der Waals surface area contributed by atoms with Crippen molar-refractivity contribution >= 4 is 9.84 Å². The zero-order valence-electron chi connectivity index (χ0n) is 10.9. The molecule has 0 bridgehead atoms. The highest BCUT2D eigenvalue weighted by Gasteiger charge is 2.32. The van der Waals surface area contributed by atoms with Crippen LogP contribution >= 0.6 is 0 Å². The van der Waals surface area contributed by atoms with Crippen LogP contribution in [0.1, 0.15) is 39.5 Å². The van der Waals surface area contributed by atoms with Crippen LogP contribution < -0.4 is 5.32 Å². The van der Waals surface area contributed by atoms with Gasteiger partial charge in [0.1, 0.15) is 0 Å². The first kappa shape index (κ1) is 14.9. The van der Waals surface area contributed by atoms with Crippen LogP contribution in [-0.2, 0) is 9.84 Å². The van der Waals surface area contributed by atoms with E-state index in [0.29, 0.717) is 18.8 Å². The van der Waals surface area contributed by atoms with E-state index in [0.717, 1.165) is 25.7 Å². The third-order valence-corrected chi connectivity index (χ3v) is 6.45. The summed E-state index contributed by atoms with van der Waals surface area (Å²) in [5.74, 6) is 0.339. The molecule has 5 heteroatoms. The summed E-state index contributed by atoms with van der Waals surface area (Å²) in [5.41, 5.74) is -0.0949. The summed E-state index contributed by atoms with van der Waals surface area (Å²) >= 11 is 0. The number of hydrogen-bond donors (Lipinski definition) is 2. The van der Waals surface area contributed by atoms with Crippen LogP contribution in [0.4, 0.5) is 0 Å². The summed E-state index contributed by atoms with van der Waals surface area (Å²) in [4.78, 5) is 0. The monoisotopic (exact) mass is 263 g/mol. The third-order valence-electron chi connectivity index (χ3n) is 4.17. The topological polar surface area (TPSA) is 66.4 Å². The van der Waals surface area contributed by atoms with Gasteiger partial charge in [-0.2, -0.15) is 0 Å². The Bertz CT molecular complexity index is 314. The molecule has 17 heavy (non-hydrogen) atoms. The van der Waals surface area contributed by atoms with Crippen molar-refractivity contribution in [3.05, 3.63) is 0 Å². The van der Waals surface area contributed by atoms with Crippen LogP contribution in [0.3, 0.4) is 0 Å². The normalized spacial score (nSPS) is 24.1. The molecular weight excluding hydrogens is 238 g/mol. The Morgan fingerprint density at radius 3 is 2.41 bits per heavy atom. The van der Waals surface area contributed by atoms with Crippen molar-refractivity contribution in [2.45, 2.75) is 44.8 Å². The van der Waals surface area contributed by atoms with Gasteiger partial charge >= 0.3 is 0 Å². The molecule has 102 valence electrons. The van der Waals surface area contributed by atoms with Crippen molar-refractivity contribution in [1.82, 2.24) is 5.32 Å². The first-order valence-corrected chi connectivity index (χ1v) is 8.24. The van der Waals surface area contributed by atoms with Crippen LogP contribution in [0, 0.1) is 5.41 Å². The fraction of sp³-hybridized carbons (Fsp3) is 1.00. The molecule has 1 unspecified atom stereocenters. The minimum Gasteiger partial charge on any atom is -0.396 e. The average Bonchev–Trinajstić information content (AvgIpc) is 2.65. The van der Waals surface area contributed by atoms with Gasteiger partial charge in [-0.3, -0.25) is 0 Å². The molecule has 0 aromatic heterocycles. The van der Waals surface area contributed by atoms with E-state index in [-0.39, 0.29) is 17.3 Å². The molecular formula is C12H25NO3S. The maximum Gasteiger partial charge on any atom is 0.154 e. The van der Waals surface area contributed by atoms with Crippen LogP contribution in [0.2, 0.25) is 0 Å². The molecule has 2 N–H and O–H groups in total. The van der Waals surface area contributed by atoms with Crippen LogP contribution in [0.25, 0.3) is 0 Å². The van der Waals surface area contributed by atoms with Crippen molar-refractivity contribution in [3.8, 4) is 0 Å². The lowest BCUT2D eigenvalue weighted by Gasteiger charge is -2.30. The molecule has 1 rings (SSSR count). The molecule has 0 aliphatic carbocycles. The molecule has 0 aromatic rings. The van der Waals surface area contributed by atoms with Gasteiger partial charge in [0, 0.05) is 25.1 Å². The molecule has 1 heterocycles. The predicted octanol–water partition coefficient (Wildman–Crippen LogP) is 0.952. The van der Waals surface area contributed by atoms with E-state index in [2.05, 4.69) is 19.2 Å². The SMILES string of the molecule is CCC(CC)(CO)CNCC1CCCS1(=O)=O. The largest absolute Gasteiger partial charge is 0.396 e. The second-order valence-corrected chi connectivity index (χ2v) is 7.53. The maximum absolute atomic E-state index is 11.6. The molecule has 1 fully saturated rings. The van der Waals surface area contributed by atoms with Crippen molar-refractivity contribution < 1.29 is 13.5 Å². The number of aliphatic hydroxyl groups excluding tert-OH is 1. The highest BCUT2D eigenvalue weighted by atomic mass is 32.2. The van der Waals surface area contributed by atoms with Crippen molar-refractivity contribution in [2.24, 2.45) is 5.41 Å². The maximum atomic E-state index is 11.6. The van der Waals surface area contributed by atoms with Gasteiger partial charge in [-0.05, 0) is 25.7 Å². The zero-order chi connectivity index (χ0) is 12.9. The number of hydrogen-bond acceptors (Lipinski definition) is 4. The van der Waals surface area contributed by atoms with Crippen molar-refractivity contribution in [2.75, 3.05) is 25.4 Å². The van der Waals surface area contributed by atoms with Gasteiger partial charge in [-0.1, -0.05) is 13.8 Å². The smallest absolute Gasteiger partial charge is 0.154 e. The lowest BCUT2D eigenvalue weighted by molar-refractivity contribution is 0.113. The highest BCUT2D eigenvalue weighted by Crippen LogP contribution is 2.25. The van der Waals surface area contributed by atoms with Gasteiger partial charge < -0.3 is 10.4 Å². The highest BCUT2D eigenvalue weighted by molar-refractivity contribution is 7.92. The Hall–Kier alpha value is -0.130. The fourth-order valence-electron chi connectivity index (χ4n) is 2.37. The summed E-state index contributed by atoms with van der Waals surface area (Å²) in [6, 6.07) is 0. The molecule has 0 aromatic carbocycles. The van der Waals surface area contributed by atoms with Gasteiger partial charge in [0.15, 0.2) is 9.84 Å². The van der Waals surface area contributed by atoms with E-state index in [1.807, 2.05) is 0 Å². The molecule has 1 aliphatic rings. The van der Waals surface area contributed by atoms with Gasteiger partial charge in [0.25, 0.3) is 0 Å². The van der Waals surface area contributed by atoms with E-state index < -0.39 is 9.84 Å². The van der Waals surface area contributed by atoms with Gasteiger partial charge in [0.05, 0.1) is 11.0 Å². The summed E-state index contributed by atoms with van der Waals surface area (Å²) in [6.45, 7) is 5.51. The zero-order valence-corrected chi connectivity index (χ0v) is 11.7. The van der Waals surface area contributed by atoms with E-state index in [9.17, 15) is 13.5 Å². The van der Waals surface area contributed by atoms with E-state index >= 15 is 0 Å². The van der Waals surface area contributed by atoms with Crippen LogP contribution in [0.15, 0.2) is 0 Å². The van der Waals surface area contributed by atoms with Gasteiger partial charge in [-0.15, -0.1) is 0 Å². The Labute approximate surface area is 105 Å². The van der Waals surface area contributed by atoms with E-state index in [4.69, 9.17) is 0 Å². The summed E-state index contributed by atoms with van der Waals surface area (Å²) in [7, 11) is -2.85. The molecule has 1 saturated heterocycles. The first-order valence-electron chi connectivity index (χ1n) is 6.53. The Kier molecular flexibility index (Phi) is 5.41. The number of rotatable bonds is 7. The Morgan fingerprint density at radius 1 is 1.35 bits per heavy atom. The Morgan fingerprint density at radius 2 is 2.00 bits per heavy atom. The number of sulfone groups is 1. The van der Waals surface area contributed by atoms with E-state index in [1.54, 1.807) is 0 Å². The van der Waals surface area contributed by atoms with E-state index in [1.165, 1.54) is 0 Å². The number of nitrogens with one attached hydrogen (secondary N) is 1. The van der Waals surface area contributed by atoms with Crippen molar-refractivity contribution in [1.29, 1.82) is 0 Å². The summed E-state index contributed by atoms with van der Waals surface area (Å²) in [5, 5.41) is 12.4. The number of aliphatic hydroxyl groups is 1. The molecule has 0 spiro atoms. The second kappa shape index (κ2) is 6.16. The molecule has 0 amide bonds. The molecule has 1 aliphatic heterocycles. The van der Waals surface area contributed by atoms with Gasteiger partial charge in [-0.25, -0.2) is 8.42 Å². The minimum absolute atomic E-state index is 0.0949.